The van der Waals surface area contributed by atoms with E-state index >= 15 is 0 Å². The second-order valence-corrected chi connectivity index (χ2v) is 5.78. The van der Waals surface area contributed by atoms with E-state index in [0.29, 0.717) is 18.9 Å². The van der Waals surface area contributed by atoms with Gasteiger partial charge in [-0.3, -0.25) is 4.79 Å². The quantitative estimate of drug-likeness (QED) is 0.922. The molecule has 1 aromatic rings. The average Bonchev–Trinajstić information content (AvgIpc) is 2.41. The van der Waals surface area contributed by atoms with Gasteiger partial charge in [-0.15, -0.1) is 0 Å². The fraction of sp³-hybridized carbons (Fsp3) is 0.438. The molecule has 108 valence electrons. The molecule has 0 aliphatic carbocycles. The second-order valence-electron chi connectivity index (χ2n) is 5.78. The largest absolute Gasteiger partial charge is 0.348 e. The van der Waals surface area contributed by atoms with Crippen molar-refractivity contribution in [3.63, 3.8) is 0 Å². The first-order valence-corrected chi connectivity index (χ1v) is 6.74. The lowest BCUT2D eigenvalue weighted by molar-refractivity contribution is -0.197. The highest BCUT2D eigenvalue weighted by Crippen LogP contribution is 2.24. The van der Waals surface area contributed by atoms with E-state index in [1.54, 1.807) is 0 Å². The lowest BCUT2D eigenvalue weighted by Crippen LogP contribution is -2.37. The number of carbonyl (C=O) groups excluding carboxylic acids is 1. The summed E-state index contributed by atoms with van der Waals surface area (Å²) in [6.45, 7) is 6.95. The molecule has 0 spiro atoms. The van der Waals surface area contributed by atoms with Crippen LogP contribution < -0.4 is 5.32 Å². The molecule has 0 bridgehead atoms. The van der Waals surface area contributed by atoms with Gasteiger partial charge in [0.15, 0.2) is 6.29 Å². The highest BCUT2D eigenvalue weighted by molar-refractivity contribution is 5.85. The third kappa shape index (κ3) is 4.18. The van der Waals surface area contributed by atoms with Gasteiger partial charge in [0.2, 0.25) is 5.91 Å². The zero-order valence-electron chi connectivity index (χ0n) is 12.2. The van der Waals surface area contributed by atoms with Gasteiger partial charge in [0.25, 0.3) is 0 Å². The molecule has 1 aliphatic rings. The number of nitrogens with one attached hydrogen (secondary N) is 1. The van der Waals surface area contributed by atoms with E-state index < -0.39 is 6.29 Å². The molecule has 4 nitrogen and oxygen atoms in total. The summed E-state index contributed by atoms with van der Waals surface area (Å²) in [5, 5.41) is 2.83. The molecule has 20 heavy (non-hydrogen) atoms. The van der Waals surface area contributed by atoms with Crippen molar-refractivity contribution in [1.82, 2.24) is 5.32 Å². The zero-order chi connectivity index (χ0) is 14.6. The fourth-order valence-electron chi connectivity index (χ4n) is 1.95. The molecular formula is C16H21NO3. The Kier molecular flexibility index (Phi) is 4.57. The smallest absolute Gasteiger partial charge is 0.221 e. The summed E-state index contributed by atoms with van der Waals surface area (Å²) < 4.78 is 11.4. The van der Waals surface area contributed by atoms with Crippen molar-refractivity contribution in [3.05, 3.63) is 42.0 Å². The molecule has 1 aliphatic heterocycles. The number of hydrogen-bond donors (Lipinski definition) is 1. The van der Waals surface area contributed by atoms with Gasteiger partial charge in [0.05, 0.1) is 13.2 Å². The van der Waals surface area contributed by atoms with Crippen LogP contribution in [0.25, 0.3) is 5.70 Å². The van der Waals surface area contributed by atoms with Crippen LogP contribution in [-0.2, 0) is 14.3 Å². The van der Waals surface area contributed by atoms with E-state index in [1.807, 2.05) is 36.4 Å². The van der Waals surface area contributed by atoms with Gasteiger partial charge >= 0.3 is 0 Å². The number of hydrogen-bond acceptors (Lipinski definition) is 3. The molecule has 0 aromatic heterocycles. The maximum atomic E-state index is 11.3. The lowest BCUT2D eigenvalue weighted by atomic mass is 9.95. The summed E-state index contributed by atoms with van der Waals surface area (Å²) in [7, 11) is 0. The summed E-state index contributed by atoms with van der Waals surface area (Å²) in [4.78, 5) is 11.3. The van der Waals surface area contributed by atoms with E-state index in [1.165, 1.54) is 6.92 Å². The van der Waals surface area contributed by atoms with Gasteiger partial charge in [-0.05, 0) is 11.6 Å². The van der Waals surface area contributed by atoms with Gasteiger partial charge in [-0.2, -0.15) is 0 Å². The maximum absolute atomic E-state index is 11.3. The molecule has 0 radical (unpaired) electrons. The average molecular weight is 275 g/mol. The SMILES string of the molecule is CC(=O)NC(=CC1OCC(C)(C)CO1)c1ccccc1. The first kappa shape index (κ1) is 14.8. The Morgan fingerprint density at radius 3 is 2.40 bits per heavy atom. The van der Waals surface area contributed by atoms with E-state index in [-0.39, 0.29) is 11.3 Å². The Labute approximate surface area is 119 Å². The highest BCUT2D eigenvalue weighted by atomic mass is 16.7. The van der Waals surface area contributed by atoms with Crippen molar-refractivity contribution in [1.29, 1.82) is 0 Å². The molecule has 4 heteroatoms. The summed E-state index contributed by atoms with van der Waals surface area (Å²) in [5.74, 6) is -0.115. The number of carbonyl (C=O) groups is 1. The summed E-state index contributed by atoms with van der Waals surface area (Å²) >= 11 is 0. The fourth-order valence-corrected chi connectivity index (χ4v) is 1.95. The topological polar surface area (TPSA) is 47.6 Å². The molecule has 1 aromatic carbocycles. The Morgan fingerprint density at radius 2 is 1.85 bits per heavy atom. The monoisotopic (exact) mass is 275 g/mol. The normalized spacial score (nSPS) is 19.6. The minimum Gasteiger partial charge on any atom is -0.348 e. The molecular weight excluding hydrogens is 254 g/mol. The van der Waals surface area contributed by atoms with E-state index in [9.17, 15) is 4.79 Å². The van der Waals surface area contributed by atoms with Crippen LogP contribution >= 0.6 is 0 Å². The predicted molar refractivity (Wildman–Crippen MR) is 77.7 cm³/mol. The van der Waals surface area contributed by atoms with Crippen LogP contribution in [0.1, 0.15) is 26.3 Å². The molecule has 0 unspecified atom stereocenters. The third-order valence-electron chi connectivity index (χ3n) is 2.97. The van der Waals surface area contributed by atoms with Gasteiger partial charge in [-0.1, -0.05) is 44.2 Å². The number of amides is 1. The number of ether oxygens (including phenoxy) is 2. The number of benzene rings is 1. The van der Waals surface area contributed by atoms with Crippen LogP contribution in [0.5, 0.6) is 0 Å². The van der Waals surface area contributed by atoms with Crippen LogP contribution in [0.4, 0.5) is 0 Å². The minimum atomic E-state index is -0.426. The van der Waals surface area contributed by atoms with Gasteiger partial charge < -0.3 is 14.8 Å². The standard InChI is InChI=1S/C16H21NO3/c1-12(18)17-14(13-7-5-4-6-8-13)9-15-19-10-16(2,3)11-20-15/h4-9,15H,10-11H2,1-3H3,(H,17,18). The van der Waals surface area contributed by atoms with Crippen LogP contribution in [-0.4, -0.2) is 25.4 Å². The summed E-state index contributed by atoms with van der Waals surface area (Å²) in [5.41, 5.74) is 1.67. The Balaban J connectivity index is 2.15. The molecule has 1 amide bonds. The van der Waals surface area contributed by atoms with Crippen molar-refractivity contribution in [2.45, 2.75) is 27.1 Å². The molecule has 1 heterocycles. The van der Waals surface area contributed by atoms with Crippen molar-refractivity contribution < 1.29 is 14.3 Å². The Hall–Kier alpha value is -1.65. The molecule has 0 saturated carbocycles. The lowest BCUT2D eigenvalue weighted by Gasteiger charge is -2.33. The zero-order valence-corrected chi connectivity index (χ0v) is 12.2. The van der Waals surface area contributed by atoms with Crippen molar-refractivity contribution in [2.24, 2.45) is 5.41 Å². The third-order valence-corrected chi connectivity index (χ3v) is 2.97. The molecule has 1 N–H and O–H groups in total. The van der Waals surface area contributed by atoms with Gasteiger partial charge in [0, 0.05) is 18.0 Å². The Morgan fingerprint density at radius 1 is 1.25 bits per heavy atom. The van der Waals surface area contributed by atoms with E-state index in [4.69, 9.17) is 9.47 Å². The van der Waals surface area contributed by atoms with E-state index in [0.717, 1.165) is 5.56 Å². The first-order valence-electron chi connectivity index (χ1n) is 6.74. The second kappa shape index (κ2) is 6.20. The van der Waals surface area contributed by atoms with Crippen molar-refractivity contribution in [2.75, 3.05) is 13.2 Å². The van der Waals surface area contributed by atoms with Gasteiger partial charge in [0.1, 0.15) is 0 Å². The van der Waals surface area contributed by atoms with Gasteiger partial charge in [-0.25, -0.2) is 0 Å². The number of rotatable bonds is 3. The Bertz CT molecular complexity index is 484. The van der Waals surface area contributed by atoms with Crippen LogP contribution in [0.3, 0.4) is 0 Å². The van der Waals surface area contributed by atoms with Crippen LogP contribution in [0.15, 0.2) is 36.4 Å². The molecule has 2 rings (SSSR count). The molecule has 0 atom stereocenters. The van der Waals surface area contributed by atoms with Crippen molar-refractivity contribution >= 4 is 11.6 Å². The maximum Gasteiger partial charge on any atom is 0.221 e. The highest BCUT2D eigenvalue weighted by Gasteiger charge is 2.27. The predicted octanol–water partition coefficient (Wildman–Crippen LogP) is 2.56. The van der Waals surface area contributed by atoms with Crippen LogP contribution in [0.2, 0.25) is 0 Å². The van der Waals surface area contributed by atoms with E-state index in [2.05, 4.69) is 19.2 Å². The molecule has 1 saturated heterocycles. The first-order chi connectivity index (χ1) is 9.46. The summed E-state index contributed by atoms with van der Waals surface area (Å²) in [6.07, 6.45) is 1.39. The minimum absolute atomic E-state index is 0.0330. The van der Waals surface area contributed by atoms with Crippen molar-refractivity contribution in [3.8, 4) is 0 Å². The molecule has 1 fully saturated rings. The van der Waals surface area contributed by atoms with Crippen LogP contribution in [0, 0.1) is 5.41 Å². The summed E-state index contributed by atoms with van der Waals surface area (Å²) in [6, 6.07) is 9.67.